The Balaban J connectivity index is 0.892. The molecule has 2 aliphatic heterocycles. The summed E-state index contributed by atoms with van der Waals surface area (Å²) in [5.41, 5.74) is 3.39. The van der Waals surface area contributed by atoms with Crippen LogP contribution in [0.25, 0.3) is 0 Å². The van der Waals surface area contributed by atoms with Crippen LogP contribution < -0.4 is 19.5 Å². The molecule has 0 unspecified atom stereocenters. The third kappa shape index (κ3) is 9.32. The lowest BCUT2D eigenvalue weighted by Gasteiger charge is -2.30. The number of ether oxygens (including phenoxy) is 3. The van der Waals surface area contributed by atoms with E-state index < -0.39 is 6.09 Å². The summed E-state index contributed by atoms with van der Waals surface area (Å²) < 4.78 is 17.3. The van der Waals surface area contributed by atoms with E-state index in [4.69, 9.17) is 14.2 Å². The van der Waals surface area contributed by atoms with Gasteiger partial charge < -0.3 is 24.4 Å². The van der Waals surface area contributed by atoms with E-state index in [9.17, 15) is 9.59 Å². The minimum absolute atomic E-state index is 0.186. The highest BCUT2D eigenvalue weighted by atomic mass is 16.6. The number of aryl methyl sites for hydroxylation is 1. The maximum Gasteiger partial charge on any atom is 0.416 e. The number of aromatic nitrogens is 2. The van der Waals surface area contributed by atoms with Crippen LogP contribution in [0.1, 0.15) is 54.1 Å². The fourth-order valence-electron chi connectivity index (χ4n) is 5.85. The van der Waals surface area contributed by atoms with Crippen molar-refractivity contribution in [2.45, 2.75) is 46.1 Å². The maximum absolute atomic E-state index is 12.8. The number of pyridine rings is 2. The largest absolute Gasteiger partial charge is 0.493 e. The lowest BCUT2D eigenvalue weighted by molar-refractivity contribution is 0.102. The molecule has 0 atom stereocenters. The third-order valence-electron chi connectivity index (χ3n) is 8.97. The molecular weight excluding hydrogens is 606 g/mol. The summed E-state index contributed by atoms with van der Waals surface area (Å²) in [4.78, 5) is 38.2. The van der Waals surface area contributed by atoms with E-state index in [-0.39, 0.29) is 11.8 Å². The topological polar surface area (TPSA) is 106 Å². The first-order chi connectivity index (χ1) is 23.4. The van der Waals surface area contributed by atoms with Crippen LogP contribution in [0.15, 0.2) is 85.2 Å². The predicted octanol–water partition coefficient (Wildman–Crippen LogP) is 7.35. The van der Waals surface area contributed by atoms with E-state index >= 15 is 0 Å². The molecule has 250 valence electrons. The number of benzene rings is 2. The average Bonchev–Trinajstić information content (AvgIpc) is 3.11. The second-order valence-corrected chi connectivity index (χ2v) is 12.9. The molecule has 0 radical (unpaired) electrons. The molecule has 2 saturated heterocycles. The van der Waals surface area contributed by atoms with E-state index in [1.807, 2.05) is 67.6 Å². The molecule has 4 heterocycles. The zero-order chi connectivity index (χ0) is 33.3. The maximum atomic E-state index is 12.8. The number of nitrogens with zero attached hydrogens (tertiary/aromatic N) is 4. The van der Waals surface area contributed by atoms with Gasteiger partial charge in [-0.15, -0.1) is 0 Å². The van der Waals surface area contributed by atoms with Gasteiger partial charge in [-0.2, -0.15) is 0 Å². The van der Waals surface area contributed by atoms with Gasteiger partial charge in [-0.25, -0.2) is 14.8 Å². The highest BCUT2D eigenvalue weighted by molar-refractivity contribution is 6.04. The molecule has 0 spiro atoms. The quantitative estimate of drug-likeness (QED) is 0.190. The molecule has 0 aliphatic carbocycles. The molecule has 48 heavy (non-hydrogen) atoms. The van der Waals surface area contributed by atoms with Crippen molar-refractivity contribution in [2.24, 2.45) is 11.8 Å². The number of hydrogen-bond acceptors (Lipinski definition) is 8. The molecule has 2 amide bonds. The summed E-state index contributed by atoms with van der Waals surface area (Å²) in [7, 11) is 0. The Labute approximate surface area is 282 Å². The fourth-order valence-corrected chi connectivity index (χ4v) is 5.85. The molecule has 2 aliphatic rings. The minimum Gasteiger partial charge on any atom is -0.493 e. The third-order valence-corrected chi connectivity index (χ3v) is 8.97. The number of nitrogens with one attached hydrogen (secondary N) is 1. The van der Waals surface area contributed by atoms with E-state index in [0.717, 1.165) is 49.7 Å². The number of anilines is 1. The first-order valence-electron chi connectivity index (χ1n) is 16.7. The lowest BCUT2D eigenvalue weighted by Crippen LogP contribution is -2.41. The number of carbonyl (C=O) groups excluding carboxylic acids is 2. The number of hydrogen-bond donors (Lipinski definition) is 1. The van der Waals surface area contributed by atoms with Crippen LogP contribution in [0.2, 0.25) is 0 Å². The van der Waals surface area contributed by atoms with Crippen LogP contribution in [0.5, 0.6) is 23.3 Å². The van der Waals surface area contributed by atoms with E-state index in [1.165, 1.54) is 24.6 Å². The van der Waals surface area contributed by atoms with Crippen LogP contribution in [0.4, 0.5) is 10.5 Å². The van der Waals surface area contributed by atoms with Gasteiger partial charge in [0.05, 0.1) is 18.5 Å². The molecule has 10 nitrogen and oxygen atoms in total. The van der Waals surface area contributed by atoms with Crippen molar-refractivity contribution in [2.75, 3.05) is 38.1 Å². The van der Waals surface area contributed by atoms with Gasteiger partial charge in [0.15, 0.2) is 0 Å². The van der Waals surface area contributed by atoms with Crippen LogP contribution in [-0.2, 0) is 6.54 Å². The molecule has 6 rings (SSSR count). The second kappa shape index (κ2) is 15.8. The molecule has 4 aromatic rings. The summed E-state index contributed by atoms with van der Waals surface area (Å²) >= 11 is 0. The summed E-state index contributed by atoms with van der Waals surface area (Å²) in [6.07, 6.45) is 6.93. The van der Waals surface area contributed by atoms with Crippen molar-refractivity contribution in [3.05, 3.63) is 102 Å². The molecule has 0 bridgehead atoms. The molecule has 10 heteroatoms. The number of amides is 2. The van der Waals surface area contributed by atoms with Gasteiger partial charge in [0.1, 0.15) is 11.5 Å². The molecule has 1 N–H and O–H groups in total. The van der Waals surface area contributed by atoms with Crippen molar-refractivity contribution in [1.82, 2.24) is 19.8 Å². The van der Waals surface area contributed by atoms with Gasteiger partial charge in [-0.1, -0.05) is 25.1 Å². The van der Waals surface area contributed by atoms with Gasteiger partial charge in [0.2, 0.25) is 11.8 Å². The van der Waals surface area contributed by atoms with Crippen LogP contribution in [0, 0.1) is 18.8 Å². The Morgan fingerprint density at radius 2 is 1.48 bits per heavy atom. The van der Waals surface area contributed by atoms with Crippen molar-refractivity contribution >= 4 is 17.7 Å². The first-order valence-corrected chi connectivity index (χ1v) is 16.7. The fraction of sp³-hybridized carbons (Fsp3) is 0.368. The first kappa shape index (κ1) is 33.0. The second-order valence-electron chi connectivity index (χ2n) is 12.9. The van der Waals surface area contributed by atoms with Crippen molar-refractivity contribution in [1.29, 1.82) is 0 Å². The van der Waals surface area contributed by atoms with E-state index in [0.29, 0.717) is 48.5 Å². The highest BCUT2D eigenvalue weighted by Gasteiger charge is 2.25. The zero-order valence-electron chi connectivity index (χ0n) is 27.6. The average molecular weight is 650 g/mol. The Hall–Kier alpha value is -4.96. The minimum atomic E-state index is -0.434. The van der Waals surface area contributed by atoms with Crippen molar-refractivity contribution in [3.8, 4) is 23.3 Å². The monoisotopic (exact) mass is 649 g/mol. The van der Waals surface area contributed by atoms with Gasteiger partial charge >= 0.3 is 6.09 Å². The predicted molar refractivity (Wildman–Crippen MR) is 184 cm³/mol. The van der Waals surface area contributed by atoms with Crippen LogP contribution in [0.3, 0.4) is 0 Å². The Bertz CT molecular complexity index is 1630. The zero-order valence-corrected chi connectivity index (χ0v) is 27.6. The number of rotatable bonds is 10. The Morgan fingerprint density at radius 1 is 0.792 bits per heavy atom. The van der Waals surface area contributed by atoms with Crippen molar-refractivity contribution < 1.29 is 23.8 Å². The highest BCUT2D eigenvalue weighted by Crippen LogP contribution is 2.25. The summed E-state index contributed by atoms with van der Waals surface area (Å²) in [6.45, 7) is 9.17. The van der Waals surface area contributed by atoms with Gasteiger partial charge in [0, 0.05) is 43.5 Å². The van der Waals surface area contributed by atoms with Crippen LogP contribution >= 0.6 is 0 Å². The SMILES string of the molecule is Cc1ccc(Oc2ccc(OCC3CCN(C(=O)Oc4ccc(NC(=O)c5ccc(CN6CCC(C)CC6)cc5)cn4)CC3)cc2)nc1. The Kier molecular flexibility index (Phi) is 10.8. The standard InChI is InChI=1S/C38H43N5O5/c1-27-15-19-42(20-16-27)25-29-4-6-31(7-5-29)37(44)41-32-8-14-36(40-24-32)48-38(45)43-21-17-30(18-22-43)26-46-33-9-11-34(12-10-33)47-35-13-3-28(2)23-39-35/h3-14,23-24,27,30H,15-22,25-26H2,1-2H3,(H,41,44). The molecule has 0 saturated carbocycles. The molecule has 2 fully saturated rings. The van der Waals surface area contributed by atoms with Crippen molar-refractivity contribution in [3.63, 3.8) is 0 Å². The smallest absolute Gasteiger partial charge is 0.416 e. The van der Waals surface area contributed by atoms with E-state index in [1.54, 1.807) is 23.2 Å². The number of likely N-dealkylation sites (tertiary alicyclic amines) is 2. The number of piperidine rings is 2. The van der Waals surface area contributed by atoms with Crippen LogP contribution in [-0.4, -0.2) is 64.6 Å². The van der Waals surface area contributed by atoms with Gasteiger partial charge in [-0.3, -0.25) is 9.69 Å². The van der Waals surface area contributed by atoms with E-state index in [2.05, 4.69) is 27.1 Å². The number of carbonyl (C=O) groups is 2. The van der Waals surface area contributed by atoms with Gasteiger partial charge in [0.25, 0.3) is 5.91 Å². The molecular formula is C38H43N5O5. The summed E-state index contributed by atoms with van der Waals surface area (Å²) in [5.74, 6) is 3.11. The summed E-state index contributed by atoms with van der Waals surface area (Å²) in [6, 6.07) is 22.3. The Morgan fingerprint density at radius 3 is 2.15 bits per heavy atom. The molecule has 2 aromatic carbocycles. The summed E-state index contributed by atoms with van der Waals surface area (Å²) in [5, 5.41) is 2.87. The normalized spacial score (nSPS) is 15.9. The lowest BCUT2D eigenvalue weighted by atomic mass is 9.98. The van der Waals surface area contributed by atoms with Gasteiger partial charge in [-0.05, 0) is 111 Å². The molecule has 2 aromatic heterocycles.